The van der Waals surface area contributed by atoms with Gasteiger partial charge in [0.1, 0.15) is 0 Å². The first-order chi connectivity index (χ1) is 12.3. The first-order valence-electron chi connectivity index (χ1n) is 9.11. The fourth-order valence-corrected chi connectivity index (χ4v) is 5.05. The number of sulfonamides is 1. The topological polar surface area (TPSA) is 57.6 Å². The quantitative estimate of drug-likeness (QED) is 0.807. The van der Waals surface area contributed by atoms with E-state index in [0.717, 1.165) is 11.1 Å². The van der Waals surface area contributed by atoms with E-state index in [1.54, 1.807) is 16.4 Å². The Morgan fingerprint density at radius 2 is 1.69 bits per heavy atom. The number of aliphatic hydroxyl groups excluding tert-OH is 1. The molecule has 140 valence electrons. The highest BCUT2D eigenvalue weighted by molar-refractivity contribution is 7.89. The summed E-state index contributed by atoms with van der Waals surface area (Å²) >= 11 is 0. The predicted molar refractivity (Wildman–Crippen MR) is 103 cm³/mol. The normalized spacial score (nSPS) is 21.2. The number of rotatable bonds is 7. The molecule has 5 heteroatoms. The molecule has 1 saturated carbocycles. The van der Waals surface area contributed by atoms with E-state index in [1.165, 1.54) is 0 Å². The van der Waals surface area contributed by atoms with Crippen molar-refractivity contribution in [3.8, 4) is 0 Å². The summed E-state index contributed by atoms with van der Waals surface area (Å²) in [5, 5.41) is 10.4. The Balaban J connectivity index is 1.92. The second-order valence-electron chi connectivity index (χ2n) is 7.55. The van der Waals surface area contributed by atoms with E-state index < -0.39 is 16.1 Å². The molecule has 0 radical (unpaired) electrons. The molecular formula is C21H27NO3S. The van der Waals surface area contributed by atoms with Gasteiger partial charge in [0.15, 0.2) is 0 Å². The highest BCUT2D eigenvalue weighted by atomic mass is 32.2. The van der Waals surface area contributed by atoms with Gasteiger partial charge in [0.05, 0.1) is 11.0 Å². The van der Waals surface area contributed by atoms with Crippen molar-refractivity contribution in [3.63, 3.8) is 0 Å². The molecule has 1 fully saturated rings. The highest BCUT2D eigenvalue weighted by Gasteiger charge is 2.50. The minimum absolute atomic E-state index is 0.000986. The summed E-state index contributed by atoms with van der Waals surface area (Å²) < 4.78 is 28.2. The van der Waals surface area contributed by atoms with Crippen LogP contribution in [0.25, 0.3) is 0 Å². The first-order valence-corrected chi connectivity index (χ1v) is 10.5. The van der Waals surface area contributed by atoms with Crippen LogP contribution in [-0.2, 0) is 16.6 Å². The molecule has 1 aliphatic rings. The van der Waals surface area contributed by atoms with Gasteiger partial charge in [-0.3, -0.25) is 0 Å². The molecule has 3 atom stereocenters. The maximum absolute atomic E-state index is 13.3. The van der Waals surface area contributed by atoms with Gasteiger partial charge in [-0.25, -0.2) is 8.42 Å². The summed E-state index contributed by atoms with van der Waals surface area (Å²) in [5.74, 6) is 0.115. The number of benzene rings is 2. The molecule has 1 aliphatic carbocycles. The van der Waals surface area contributed by atoms with Crippen molar-refractivity contribution in [1.82, 2.24) is 4.31 Å². The Bertz CT molecular complexity index is 831. The van der Waals surface area contributed by atoms with E-state index >= 15 is 0 Å². The van der Waals surface area contributed by atoms with Crippen LogP contribution in [0.15, 0.2) is 59.5 Å². The third-order valence-electron chi connectivity index (χ3n) is 5.11. The van der Waals surface area contributed by atoms with E-state index in [4.69, 9.17) is 0 Å². The molecule has 0 heterocycles. The average molecular weight is 374 g/mol. The minimum Gasteiger partial charge on any atom is -0.393 e. The largest absolute Gasteiger partial charge is 0.393 e. The summed E-state index contributed by atoms with van der Waals surface area (Å²) in [6.07, 6.45) is 0.226. The van der Waals surface area contributed by atoms with Crippen molar-refractivity contribution in [2.45, 2.75) is 50.8 Å². The van der Waals surface area contributed by atoms with Crippen LogP contribution in [0.1, 0.15) is 31.4 Å². The molecule has 2 aromatic rings. The molecule has 3 rings (SSSR count). The average Bonchev–Trinajstić information content (AvgIpc) is 3.40. The summed E-state index contributed by atoms with van der Waals surface area (Å²) in [6, 6.07) is 16.4. The van der Waals surface area contributed by atoms with Crippen molar-refractivity contribution in [2.24, 2.45) is 11.8 Å². The van der Waals surface area contributed by atoms with Crippen molar-refractivity contribution < 1.29 is 13.5 Å². The highest BCUT2D eigenvalue weighted by Crippen LogP contribution is 2.43. The molecule has 0 aromatic heterocycles. The molecule has 0 unspecified atom stereocenters. The summed E-state index contributed by atoms with van der Waals surface area (Å²) in [4.78, 5) is 0.309. The lowest BCUT2D eigenvalue weighted by Crippen LogP contribution is -2.35. The number of aryl methyl sites for hydroxylation is 1. The molecular weight excluding hydrogens is 346 g/mol. The molecule has 0 aliphatic heterocycles. The molecule has 0 spiro atoms. The first kappa shape index (κ1) is 19.1. The van der Waals surface area contributed by atoms with Crippen LogP contribution in [0, 0.1) is 18.8 Å². The van der Waals surface area contributed by atoms with Crippen molar-refractivity contribution in [2.75, 3.05) is 0 Å². The van der Waals surface area contributed by atoms with E-state index in [2.05, 4.69) is 0 Å². The zero-order valence-electron chi connectivity index (χ0n) is 15.5. The van der Waals surface area contributed by atoms with Crippen molar-refractivity contribution in [1.29, 1.82) is 0 Å². The number of hydrogen-bond acceptors (Lipinski definition) is 3. The van der Waals surface area contributed by atoms with Gasteiger partial charge in [0.2, 0.25) is 10.0 Å². The number of aliphatic hydroxyl groups is 1. The third kappa shape index (κ3) is 4.00. The van der Waals surface area contributed by atoms with E-state index in [9.17, 15) is 13.5 Å². The maximum atomic E-state index is 13.3. The third-order valence-corrected chi connectivity index (χ3v) is 6.99. The second kappa shape index (κ2) is 7.51. The lowest BCUT2D eigenvalue weighted by atomic mass is 10.0. The fourth-order valence-electron chi connectivity index (χ4n) is 3.38. The standard InChI is InChI=1S/C21H27NO3S/c1-15(2)21(23)19-13-20(19)22(14-17-7-5-4-6-8-17)26(24,25)18-11-9-16(3)10-12-18/h4-12,15,19-21,23H,13-14H2,1-3H3/t19-,20-,21-/m1/s1. The molecule has 0 bridgehead atoms. The van der Waals surface area contributed by atoms with Gasteiger partial charge in [0.25, 0.3) is 0 Å². The van der Waals surface area contributed by atoms with Gasteiger partial charge >= 0.3 is 0 Å². The van der Waals surface area contributed by atoms with E-state index in [0.29, 0.717) is 17.9 Å². The lowest BCUT2D eigenvalue weighted by molar-refractivity contribution is 0.0951. The maximum Gasteiger partial charge on any atom is 0.243 e. The monoisotopic (exact) mass is 373 g/mol. The Morgan fingerprint density at radius 3 is 2.27 bits per heavy atom. The Hall–Kier alpha value is -1.69. The predicted octanol–water partition coefficient (Wildman–Crippen LogP) is 3.59. The summed E-state index contributed by atoms with van der Waals surface area (Å²) in [5.41, 5.74) is 1.98. The molecule has 0 saturated heterocycles. The Labute approximate surface area is 156 Å². The van der Waals surface area contributed by atoms with Crippen LogP contribution in [0.5, 0.6) is 0 Å². The molecule has 0 amide bonds. The van der Waals surface area contributed by atoms with Gasteiger partial charge in [-0.15, -0.1) is 0 Å². The van der Waals surface area contributed by atoms with Crippen LogP contribution in [-0.4, -0.2) is 30.0 Å². The zero-order valence-corrected chi connectivity index (χ0v) is 16.4. The van der Waals surface area contributed by atoms with Crippen molar-refractivity contribution in [3.05, 3.63) is 65.7 Å². The van der Waals surface area contributed by atoms with Gasteiger partial charge in [0, 0.05) is 18.5 Å². The number of nitrogens with zero attached hydrogens (tertiary/aromatic N) is 1. The molecule has 1 N–H and O–H groups in total. The summed E-state index contributed by atoms with van der Waals surface area (Å²) in [7, 11) is -3.62. The SMILES string of the molecule is Cc1ccc(S(=O)(=O)N(Cc2ccccc2)[C@@H]2C[C@H]2[C@H](O)C(C)C)cc1. The van der Waals surface area contributed by atoms with Gasteiger partial charge in [-0.05, 0) is 37.0 Å². The Kier molecular flexibility index (Phi) is 5.51. The zero-order chi connectivity index (χ0) is 18.9. The Morgan fingerprint density at radius 1 is 1.08 bits per heavy atom. The van der Waals surface area contributed by atoms with Gasteiger partial charge < -0.3 is 5.11 Å². The van der Waals surface area contributed by atoms with Gasteiger partial charge in [-0.1, -0.05) is 61.9 Å². The van der Waals surface area contributed by atoms with Crippen LogP contribution < -0.4 is 0 Å². The smallest absolute Gasteiger partial charge is 0.243 e. The minimum atomic E-state index is -3.62. The molecule has 2 aromatic carbocycles. The van der Waals surface area contributed by atoms with Crippen LogP contribution in [0.3, 0.4) is 0 Å². The lowest BCUT2D eigenvalue weighted by Gasteiger charge is -2.24. The fraction of sp³-hybridized carbons (Fsp3) is 0.429. The molecule has 4 nitrogen and oxygen atoms in total. The van der Waals surface area contributed by atoms with Gasteiger partial charge in [-0.2, -0.15) is 4.31 Å². The second-order valence-corrected chi connectivity index (χ2v) is 9.44. The van der Waals surface area contributed by atoms with E-state index in [1.807, 2.05) is 63.2 Å². The van der Waals surface area contributed by atoms with Crippen LogP contribution >= 0.6 is 0 Å². The van der Waals surface area contributed by atoms with Crippen LogP contribution in [0.4, 0.5) is 0 Å². The number of hydrogen-bond donors (Lipinski definition) is 1. The van der Waals surface area contributed by atoms with Crippen molar-refractivity contribution >= 4 is 10.0 Å². The summed E-state index contributed by atoms with van der Waals surface area (Å²) in [6.45, 7) is 6.20. The molecule has 26 heavy (non-hydrogen) atoms. The van der Waals surface area contributed by atoms with Crippen LogP contribution in [0.2, 0.25) is 0 Å². The van der Waals surface area contributed by atoms with E-state index in [-0.39, 0.29) is 17.9 Å².